The summed E-state index contributed by atoms with van der Waals surface area (Å²) in [6.45, 7) is 4.03. The third kappa shape index (κ3) is 3.48. The molecule has 0 unspecified atom stereocenters. The molecule has 0 aromatic heterocycles. The van der Waals surface area contributed by atoms with Gasteiger partial charge < -0.3 is 0 Å². The van der Waals surface area contributed by atoms with Crippen molar-refractivity contribution < 1.29 is 4.79 Å². The zero-order chi connectivity index (χ0) is 13.7. The molecule has 2 heteroatoms. The van der Waals surface area contributed by atoms with Crippen LogP contribution in [0.2, 0.25) is 0 Å². The van der Waals surface area contributed by atoms with Gasteiger partial charge in [-0.2, -0.15) is 0 Å². The Bertz CT molecular complexity index is 575. The van der Waals surface area contributed by atoms with Crippen LogP contribution in [-0.4, -0.2) is 5.78 Å². The van der Waals surface area contributed by atoms with Crippen LogP contribution >= 0.6 is 11.8 Å². The lowest BCUT2D eigenvalue weighted by molar-refractivity contribution is 0.0985. The largest absolute Gasteiger partial charge is 0.294 e. The molecule has 98 valence electrons. The van der Waals surface area contributed by atoms with Crippen LogP contribution in [0.15, 0.2) is 53.4 Å². The summed E-state index contributed by atoms with van der Waals surface area (Å²) in [5.41, 5.74) is 3.48. The highest BCUT2D eigenvalue weighted by atomic mass is 32.2. The smallest absolute Gasteiger partial charge is 0.163 e. The summed E-state index contributed by atoms with van der Waals surface area (Å²) in [6.07, 6.45) is 0.557. The number of hydrogen-bond acceptors (Lipinski definition) is 2. The van der Waals surface area contributed by atoms with Crippen molar-refractivity contribution in [1.29, 1.82) is 0 Å². The molecule has 2 aromatic rings. The van der Waals surface area contributed by atoms with E-state index in [1.165, 1.54) is 11.1 Å². The maximum absolute atomic E-state index is 11.9. The monoisotopic (exact) mass is 270 g/mol. The fourth-order valence-electron chi connectivity index (χ4n) is 1.94. The van der Waals surface area contributed by atoms with Crippen molar-refractivity contribution in [2.75, 3.05) is 0 Å². The first-order valence-electron chi connectivity index (χ1n) is 6.52. The molecule has 0 spiro atoms. The molecule has 2 rings (SSSR count). The first-order chi connectivity index (χ1) is 9.22. The van der Waals surface area contributed by atoms with Gasteiger partial charge in [0.05, 0.1) is 0 Å². The van der Waals surface area contributed by atoms with Crippen molar-refractivity contribution in [1.82, 2.24) is 0 Å². The zero-order valence-electron chi connectivity index (χ0n) is 11.3. The molecule has 2 aromatic carbocycles. The molecule has 1 nitrogen and oxygen atoms in total. The van der Waals surface area contributed by atoms with E-state index in [9.17, 15) is 4.79 Å². The van der Waals surface area contributed by atoms with Crippen molar-refractivity contribution in [3.05, 3.63) is 65.2 Å². The van der Waals surface area contributed by atoms with E-state index in [0.29, 0.717) is 6.42 Å². The Morgan fingerprint density at radius 3 is 2.47 bits per heavy atom. The van der Waals surface area contributed by atoms with Gasteiger partial charge in [0, 0.05) is 22.6 Å². The summed E-state index contributed by atoms with van der Waals surface area (Å²) in [6, 6.07) is 16.3. The van der Waals surface area contributed by atoms with E-state index in [1.54, 1.807) is 11.8 Å². The molecular formula is C17H18OS. The van der Waals surface area contributed by atoms with Gasteiger partial charge in [0.15, 0.2) is 5.78 Å². The van der Waals surface area contributed by atoms with Crippen molar-refractivity contribution in [2.24, 2.45) is 0 Å². The van der Waals surface area contributed by atoms with E-state index < -0.39 is 0 Å². The van der Waals surface area contributed by atoms with Gasteiger partial charge in [0.2, 0.25) is 0 Å². The Hall–Kier alpha value is -1.54. The van der Waals surface area contributed by atoms with E-state index >= 15 is 0 Å². The average Bonchev–Trinajstić information content (AvgIpc) is 2.46. The van der Waals surface area contributed by atoms with Crippen molar-refractivity contribution in [3.63, 3.8) is 0 Å². The number of hydrogen-bond donors (Lipinski definition) is 0. The Morgan fingerprint density at radius 1 is 1.05 bits per heavy atom. The lowest BCUT2D eigenvalue weighted by Crippen LogP contribution is -1.98. The maximum Gasteiger partial charge on any atom is 0.163 e. The molecule has 0 heterocycles. The SMILES string of the molecule is CCC(=O)c1ccccc1SCc1ccccc1C. The number of carbonyl (C=O) groups excluding carboxylic acids is 1. The minimum absolute atomic E-state index is 0.216. The summed E-state index contributed by atoms with van der Waals surface area (Å²) in [7, 11) is 0. The van der Waals surface area contributed by atoms with Crippen molar-refractivity contribution in [2.45, 2.75) is 30.9 Å². The van der Waals surface area contributed by atoms with Crippen LogP contribution in [0.3, 0.4) is 0 Å². The normalized spacial score (nSPS) is 10.4. The minimum atomic E-state index is 0.216. The van der Waals surface area contributed by atoms with Crippen LogP contribution < -0.4 is 0 Å². The first-order valence-corrected chi connectivity index (χ1v) is 7.50. The topological polar surface area (TPSA) is 17.1 Å². The van der Waals surface area contributed by atoms with Crippen LogP contribution in [0.4, 0.5) is 0 Å². The molecule has 0 N–H and O–H groups in total. The highest BCUT2D eigenvalue weighted by Gasteiger charge is 2.09. The predicted octanol–water partition coefficient (Wildman–Crippen LogP) is 4.88. The number of ketones is 1. The molecule has 0 amide bonds. The highest BCUT2D eigenvalue weighted by molar-refractivity contribution is 7.98. The highest BCUT2D eigenvalue weighted by Crippen LogP contribution is 2.28. The standard InChI is InChI=1S/C17H18OS/c1-3-16(18)15-10-6-7-11-17(15)19-12-14-9-5-4-8-13(14)2/h4-11H,3,12H2,1-2H3. The molecule has 19 heavy (non-hydrogen) atoms. The summed E-state index contributed by atoms with van der Waals surface area (Å²) >= 11 is 1.74. The Labute approximate surface area is 119 Å². The van der Waals surface area contributed by atoms with E-state index in [0.717, 1.165) is 16.2 Å². The third-order valence-corrected chi connectivity index (χ3v) is 4.28. The lowest BCUT2D eigenvalue weighted by atomic mass is 10.1. The van der Waals surface area contributed by atoms with Crippen LogP contribution in [0.1, 0.15) is 34.8 Å². The Kier molecular flexibility index (Phi) is 4.80. The van der Waals surface area contributed by atoms with Gasteiger partial charge in [0.1, 0.15) is 0 Å². The fraction of sp³-hybridized carbons (Fsp3) is 0.235. The number of benzene rings is 2. The molecule has 0 aliphatic heterocycles. The van der Waals surface area contributed by atoms with Crippen LogP contribution in [0.25, 0.3) is 0 Å². The second-order valence-corrected chi connectivity index (χ2v) is 5.51. The zero-order valence-corrected chi connectivity index (χ0v) is 12.2. The maximum atomic E-state index is 11.9. The van der Waals surface area contributed by atoms with Gasteiger partial charge >= 0.3 is 0 Å². The average molecular weight is 270 g/mol. The van der Waals surface area contributed by atoms with Gasteiger partial charge in [0.25, 0.3) is 0 Å². The second-order valence-electron chi connectivity index (χ2n) is 4.49. The second kappa shape index (κ2) is 6.58. The predicted molar refractivity (Wildman–Crippen MR) is 81.8 cm³/mol. The van der Waals surface area contributed by atoms with E-state index in [4.69, 9.17) is 0 Å². The fourth-order valence-corrected chi connectivity index (χ4v) is 3.09. The molecule has 0 saturated heterocycles. The van der Waals surface area contributed by atoms with Crippen LogP contribution in [0, 0.1) is 6.92 Å². The summed E-state index contributed by atoms with van der Waals surface area (Å²) < 4.78 is 0. The van der Waals surface area contributed by atoms with Crippen LogP contribution in [0.5, 0.6) is 0 Å². The lowest BCUT2D eigenvalue weighted by Gasteiger charge is -2.09. The Morgan fingerprint density at radius 2 is 1.74 bits per heavy atom. The van der Waals surface area contributed by atoms with Crippen molar-refractivity contribution in [3.8, 4) is 0 Å². The number of carbonyl (C=O) groups is 1. The van der Waals surface area contributed by atoms with Crippen LogP contribution in [-0.2, 0) is 5.75 Å². The molecule has 0 saturated carbocycles. The number of rotatable bonds is 5. The summed E-state index contributed by atoms with van der Waals surface area (Å²) in [5.74, 6) is 1.12. The molecule has 0 aliphatic rings. The van der Waals surface area contributed by atoms with E-state index in [2.05, 4.69) is 31.2 Å². The van der Waals surface area contributed by atoms with E-state index in [1.807, 2.05) is 31.2 Å². The third-order valence-electron chi connectivity index (χ3n) is 3.15. The molecule has 0 aliphatic carbocycles. The molecule has 0 radical (unpaired) electrons. The molecule has 0 fully saturated rings. The Balaban J connectivity index is 2.16. The first kappa shape index (κ1) is 13.9. The summed E-state index contributed by atoms with van der Waals surface area (Å²) in [4.78, 5) is 13.0. The molecule has 0 atom stereocenters. The number of aryl methyl sites for hydroxylation is 1. The quantitative estimate of drug-likeness (QED) is 0.569. The summed E-state index contributed by atoms with van der Waals surface area (Å²) in [5, 5.41) is 0. The molecule has 0 bridgehead atoms. The van der Waals surface area contributed by atoms with Gasteiger partial charge in [-0.3, -0.25) is 4.79 Å². The van der Waals surface area contributed by atoms with Gasteiger partial charge in [-0.15, -0.1) is 11.8 Å². The number of Topliss-reactive ketones (excluding diaryl/α,β-unsaturated/α-hetero) is 1. The van der Waals surface area contributed by atoms with E-state index in [-0.39, 0.29) is 5.78 Å². The van der Waals surface area contributed by atoms with Gasteiger partial charge in [-0.05, 0) is 24.1 Å². The van der Waals surface area contributed by atoms with Gasteiger partial charge in [-0.1, -0.05) is 49.4 Å². The minimum Gasteiger partial charge on any atom is -0.294 e. The van der Waals surface area contributed by atoms with Gasteiger partial charge in [-0.25, -0.2) is 0 Å². The molecular weight excluding hydrogens is 252 g/mol. The number of thioether (sulfide) groups is 1. The van der Waals surface area contributed by atoms with Crippen molar-refractivity contribution >= 4 is 17.5 Å².